The largest absolute Gasteiger partial charge is 0.309 e. The molecule has 1 saturated carbocycles. The van der Waals surface area contributed by atoms with E-state index in [1.165, 1.54) is 12.1 Å². The number of alkyl halides is 1. The lowest BCUT2D eigenvalue weighted by Crippen LogP contribution is -2.57. The van der Waals surface area contributed by atoms with Crippen LogP contribution in [0.15, 0.2) is 24.3 Å². The van der Waals surface area contributed by atoms with E-state index in [1.54, 1.807) is 0 Å². The van der Waals surface area contributed by atoms with Crippen molar-refractivity contribution in [3.8, 4) is 0 Å². The van der Waals surface area contributed by atoms with Crippen molar-refractivity contribution in [2.75, 3.05) is 0 Å². The van der Waals surface area contributed by atoms with Gasteiger partial charge < -0.3 is 5.32 Å². The summed E-state index contributed by atoms with van der Waals surface area (Å²) in [7, 11) is 0. The summed E-state index contributed by atoms with van der Waals surface area (Å²) in [5.74, 6) is -0.187. The fourth-order valence-electron chi connectivity index (χ4n) is 2.06. The first-order chi connectivity index (χ1) is 7.50. The SMILES string of the molecule is CC1(C)C(Cl)CC1NCc1ccc(F)cc1. The fraction of sp³-hybridized carbons (Fsp3) is 0.538. The van der Waals surface area contributed by atoms with Gasteiger partial charge in [0.05, 0.1) is 0 Å². The molecule has 1 aromatic rings. The van der Waals surface area contributed by atoms with Gasteiger partial charge in [-0.25, -0.2) is 4.39 Å². The van der Waals surface area contributed by atoms with Crippen LogP contribution in [0.1, 0.15) is 25.8 Å². The quantitative estimate of drug-likeness (QED) is 0.801. The normalized spacial score (nSPS) is 27.5. The molecule has 1 N–H and O–H groups in total. The zero-order chi connectivity index (χ0) is 11.8. The average molecular weight is 242 g/mol. The predicted molar refractivity (Wildman–Crippen MR) is 65.1 cm³/mol. The van der Waals surface area contributed by atoms with Gasteiger partial charge in [-0.2, -0.15) is 0 Å². The first kappa shape index (κ1) is 11.9. The molecule has 0 amide bonds. The minimum absolute atomic E-state index is 0.154. The van der Waals surface area contributed by atoms with Crippen molar-refractivity contribution in [2.24, 2.45) is 5.41 Å². The highest BCUT2D eigenvalue weighted by Crippen LogP contribution is 2.44. The van der Waals surface area contributed by atoms with Gasteiger partial charge in [0.25, 0.3) is 0 Å². The molecule has 88 valence electrons. The molecule has 0 aromatic heterocycles. The van der Waals surface area contributed by atoms with Crippen molar-refractivity contribution in [2.45, 2.75) is 38.2 Å². The molecule has 0 heterocycles. The first-order valence-corrected chi connectivity index (χ1v) is 6.05. The van der Waals surface area contributed by atoms with E-state index in [1.807, 2.05) is 12.1 Å². The van der Waals surface area contributed by atoms with Gasteiger partial charge in [-0.1, -0.05) is 26.0 Å². The summed E-state index contributed by atoms with van der Waals surface area (Å²) in [5, 5.41) is 3.73. The van der Waals surface area contributed by atoms with Crippen LogP contribution in [0.2, 0.25) is 0 Å². The van der Waals surface area contributed by atoms with Crippen LogP contribution in [-0.2, 0) is 6.54 Å². The zero-order valence-electron chi connectivity index (χ0n) is 9.63. The standard InChI is InChI=1S/C13H17ClFN/c1-13(2)11(14)7-12(13)16-8-9-3-5-10(15)6-4-9/h3-6,11-12,16H,7-8H2,1-2H3. The van der Waals surface area contributed by atoms with Crippen molar-refractivity contribution >= 4 is 11.6 Å². The highest BCUT2D eigenvalue weighted by Gasteiger charge is 2.46. The van der Waals surface area contributed by atoms with Crippen LogP contribution in [0.5, 0.6) is 0 Å². The Bertz CT molecular complexity index is 361. The summed E-state index contributed by atoms with van der Waals surface area (Å²) in [6.45, 7) is 5.13. The van der Waals surface area contributed by atoms with Crippen LogP contribution < -0.4 is 5.32 Å². The molecule has 16 heavy (non-hydrogen) atoms. The molecule has 0 saturated heterocycles. The van der Waals surface area contributed by atoms with Crippen molar-refractivity contribution in [1.82, 2.24) is 5.32 Å². The van der Waals surface area contributed by atoms with E-state index < -0.39 is 0 Å². The highest BCUT2D eigenvalue weighted by molar-refractivity contribution is 6.21. The molecule has 2 unspecified atom stereocenters. The third-order valence-electron chi connectivity index (χ3n) is 3.61. The zero-order valence-corrected chi connectivity index (χ0v) is 10.4. The Hall–Kier alpha value is -0.600. The smallest absolute Gasteiger partial charge is 0.123 e. The number of nitrogens with one attached hydrogen (secondary N) is 1. The minimum atomic E-state index is -0.187. The lowest BCUT2D eigenvalue weighted by atomic mass is 9.67. The minimum Gasteiger partial charge on any atom is -0.309 e. The number of benzene rings is 1. The van der Waals surface area contributed by atoms with E-state index in [4.69, 9.17) is 11.6 Å². The van der Waals surface area contributed by atoms with E-state index >= 15 is 0 Å². The monoisotopic (exact) mass is 241 g/mol. The molecule has 1 fully saturated rings. The predicted octanol–water partition coefficient (Wildman–Crippen LogP) is 3.32. The Morgan fingerprint density at radius 1 is 1.38 bits per heavy atom. The summed E-state index contributed by atoms with van der Waals surface area (Å²) >= 11 is 6.15. The van der Waals surface area contributed by atoms with Gasteiger partial charge in [-0.05, 0) is 29.5 Å². The second kappa shape index (κ2) is 4.34. The molecule has 1 aliphatic carbocycles. The maximum atomic E-state index is 12.7. The van der Waals surface area contributed by atoms with Gasteiger partial charge >= 0.3 is 0 Å². The lowest BCUT2D eigenvalue weighted by molar-refractivity contribution is 0.115. The van der Waals surface area contributed by atoms with Crippen LogP contribution in [0.3, 0.4) is 0 Å². The van der Waals surface area contributed by atoms with Crippen LogP contribution in [0, 0.1) is 11.2 Å². The van der Waals surface area contributed by atoms with Gasteiger partial charge in [-0.3, -0.25) is 0 Å². The van der Waals surface area contributed by atoms with Crippen LogP contribution >= 0.6 is 11.6 Å². The highest BCUT2D eigenvalue weighted by atomic mass is 35.5. The Morgan fingerprint density at radius 2 is 2.00 bits per heavy atom. The summed E-state index contributed by atoms with van der Waals surface area (Å²) in [4.78, 5) is 0. The topological polar surface area (TPSA) is 12.0 Å². The summed E-state index contributed by atoms with van der Waals surface area (Å²) in [6, 6.07) is 7.07. The number of rotatable bonds is 3. The maximum absolute atomic E-state index is 12.7. The number of hydrogen-bond donors (Lipinski definition) is 1. The Balaban J connectivity index is 1.87. The molecule has 3 heteroatoms. The van der Waals surface area contributed by atoms with Crippen LogP contribution in [0.25, 0.3) is 0 Å². The summed E-state index contributed by atoms with van der Waals surface area (Å²) < 4.78 is 12.7. The van der Waals surface area contributed by atoms with Gasteiger partial charge in [0.1, 0.15) is 5.82 Å². The molecule has 0 aliphatic heterocycles. The molecule has 0 spiro atoms. The van der Waals surface area contributed by atoms with Gasteiger partial charge in [0, 0.05) is 18.0 Å². The van der Waals surface area contributed by atoms with E-state index in [-0.39, 0.29) is 16.6 Å². The van der Waals surface area contributed by atoms with Gasteiger partial charge in [0.2, 0.25) is 0 Å². The maximum Gasteiger partial charge on any atom is 0.123 e. The lowest BCUT2D eigenvalue weighted by Gasteiger charge is -2.49. The van der Waals surface area contributed by atoms with Crippen LogP contribution in [0.4, 0.5) is 4.39 Å². The first-order valence-electron chi connectivity index (χ1n) is 5.62. The summed E-state index contributed by atoms with van der Waals surface area (Å²) in [6.07, 6.45) is 1.01. The molecule has 2 rings (SSSR count). The third-order valence-corrected chi connectivity index (χ3v) is 4.35. The van der Waals surface area contributed by atoms with E-state index in [2.05, 4.69) is 19.2 Å². The van der Waals surface area contributed by atoms with E-state index in [0.717, 1.165) is 18.5 Å². The third kappa shape index (κ3) is 2.23. The molecular formula is C13H17ClFN. The van der Waals surface area contributed by atoms with Crippen molar-refractivity contribution in [1.29, 1.82) is 0 Å². The van der Waals surface area contributed by atoms with Gasteiger partial charge in [0.15, 0.2) is 0 Å². The Labute approximate surface area is 101 Å². The van der Waals surface area contributed by atoms with Crippen molar-refractivity contribution in [3.63, 3.8) is 0 Å². The van der Waals surface area contributed by atoms with E-state index in [0.29, 0.717) is 6.04 Å². The van der Waals surface area contributed by atoms with Crippen LogP contribution in [-0.4, -0.2) is 11.4 Å². The average Bonchev–Trinajstić information content (AvgIpc) is 2.26. The Morgan fingerprint density at radius 3 is 2.50 bits per heavy atom. The number of halogens is 2. The fourth-order valence-corrected chi connectivity index (χ4v) is 2.39. The summed E-state index contributed by atoms with van der Waals surface area (Å²) in [5.41, 5.74) is 1.26. The number of hydrogen-bond acceptors (Lipinski definition) is 1. The van der Waals surface area contributed by atoms with Gasteiger partial charge in [-0.15, -0.1) is 11.6 Å². The molecule has 1 aromatic carbocycles. The second-order valence-electron chi connectivity index (χ2n) is 5.08. The molecular weight excluding hydrogens is 225 g/mol. The second-order valence-corrected chi connectivity index (χ2v) is 5.61. The molecule has 0 bridgehead atoms. The molecule has 2 atom stereocenters. The molecule has 1 aliphatic rings. The Kier molecular flexibility index (Phi) is 3.22. The van der Waals surface area contributed by atoms with E-state index in [9.17, 15) is 4.39 Å². The molecule has 1 nitrogen and oxygen atoms in total. The van der Waals surface area contributed by atoms with Crippen molar-refractivity contribution < 1.29 is 4.39 Å². The molecule has 0 radical (unpaired) electrons. The van der Waals surface area contributed by atoms with Crippen molar-refractivity contribution in [3.05, 3.63) is 35.6 Å².